The molecule has 124 valence electrons. The first-order chi connectivity index (χ1) is 11.5. The Kier molecular flexibility index (Phi) is 5.71. The monoisotopic (exact) mass is 341 g/mol. The van der Waals surface area contributed by atoms with E-state index in [1.165, 1.54) is 6.33 Å². The molecule has 0 aliphatic carbocycles. The van der Waals surface area contributed by atoms with Crippen molar-refractivity contribution in [1.82, 2.24) is 24.9 Å². The average Bonchev–Trinajstić information content (AvgIpc) is 3.03. The number of thiazole rings is 1. The first kappa shape index (κ1) is 17.7. The molecule has 0 saturated heterocycles. The minimum Gasteiger partial charge on any atom is -0.382 e. The van der Waals surface area contributed by atoms with Crippen molar-refractivity contribution in [2.24, 2.45) is 0 Å². The Morgan fingerprint density at radius 3 is 2.17 bits per heavy atom. The molecule has 0 amide bonds. The Labute approximate surface area is 144 Å². The van der Waals surface area contributed by atoms with Crippen molar-refractivity contribution in [1.29, 1.82) is 5.26 Å². The third-order valence-electron chi connectivity index (χ3n) is 3.27. The Morgan fingerprint density at radius 1 is 0.958 bits per heavy atom. The van der Waals surface area contributed by atoms with Gasteiger partial charge in [-0.05, 0) is 11.8 Å². The zero-order chi connectivity index (χ0) is 17.7. The summed E-state index contributed by atoms with van der Waals surface area (Å²) in [5.41, 5.74) is 10.4. The lowest BCUT2D eigenvalue weighted by molar-refractivity contribution is 0.810. The predicted molar refractivity (Wildman–Crippen MR) is 94.5 cm³/mol. The molecule has 0 atom stereocenters. The van der Waals surface area contributed by atoms with Crippen LogP contribution in [-0.2, 0) is 0 Å². The highest BCUT2D eigenvalue weighted by atomic mass is 32.1. The van der Waals surface area contributed by atoms with Crippen LogP contribution in [0.4, 0.5) is 5.82 Å². The minimum atomic E-state index is 0.199. The first-order valence-electron chi connectivity index (χ1n) is 7.50. The van der Waals surface area contributed by atoms with Crippen LogP contribution in [0, 0.1) is 11.3 Å². The summed E-state index contributed by atoms with van der Waals surface area (Å²) in [5.74, 6) is 0.874. The van der Waals surface area contributed by atoms with E-state index in [0.29, 0.717) is 17.2 Å². The van der Waals surface area contributed by atoms with Gasteiger partial charge in [0.25, 0.3) is 0 Å². The first-order valence-corrected chi connectivity index (χ1v) is 8.38. The summed E-state index contributed by atoms with van der Waals surface area (Å²) in [6, 6.07) is 2.00. The fraction of sp³-hybridized carbons (Fsp3) is 0.375. The normalized spacial score (nSPS) is 10.5. The van der Waals surface area contributed by atoms with Gasteiger partial charge in [0.15, 0.2) is 0 Å². The zero-order valence-corrected chi connectivity index (χ0v) is 14.9. The SMILES string of the molecule is CC(C)c1ncnc(N)c1C#N.CC(C)c1ncnc2scnc12. The van der Waals surface area contributed by atoms with Crippen molar-refractivity contribution in [3.05, 3.63) is 35.1 Å². The number of rotatable bonds is 2. The summed E-state index contributed by atoms with van der Waals surface area (Å²) in [4.78, 5) is 21.3. The molecule has 0 aliphatic heterocycles. The van der Waals surface area contributed by atoms with E-state index in [-0.39, 0.29) is 11.7 Å². The minimum absolute atomic E-state index is 0.199. The number of anilines is 1. The van der Waals surface area contributed by atoms with E-state index >= 15 is 0 Å². The molecule has 3 heterocycles. The van der Waals surface area contributed by atoms with Crippen molar-refractivity contribution < 1.29 is 0 Å². The molecule has 3 aromatic heterocycles. The van der Waals surface area contributed by atoms with Gasteiger partial charge < -0.3 is 5.73 Å². The number of hydrogen-bond donors (Lipinski definition) is 1. The molecular formula is C16H19N7S. The summed E-state index contributed by atoms with van der Waals surface area (Å²) in [6.45, 7) is 8.15. The third-order valence-corrected chi connectivity index (χ3v) is 4.01. The van der Waals surface area contributed by atoms with Crippen LogP contribution >= 0.6 is 11.3 Å². The van der Waals surface area contributed by atoms with Gasteiger partial charge in [-0.2, -0.15) is 5.26 Å². The molecule has 0 radical (unpaired) electrons. The lowest BCUT2D eigenvalue weighted by atomic mass is 10.1. The molecule has 8 heteroatoms. The number of aromatic nitrogens is 5. The predicted octanol–water partition coefficient (Wildman–Crippen LogP) is 3.26. The number of nitriles is 1. The average molecular weight is 341 g/mol. The van der Waals surface area contributed by atoms with E-state index < -0.39 is 0 Å². The van der Waals surface area contributed by atoms with E-state index in [0.717, 1.165) is 16.0 Å². The van der Waals surface area contributed by atoms with E-state index in [1.807, 2.05) is 25.4 Å². The topological polar surface area (TPSA) is 114 Å². The van der Waals surface area contributed by atoms with Crippen LogP contribution in [0.15, 0.2) is 18.2 Å². The fourth-order valence-electron chi connectivity index (χ4n) is 2.10. The van der Waals surface area contributed by atoms with Gasteiger partial charge in [0.2, 0.25) is 0 Å². The standard InChI is InChI=1S/C8H10N4.C8H9N3S/c1-5(2)7-6(3-9)8(10)12-4-11-7;1-5(2)6-7-8(10-3-9-6)12-4-11-7/h4-5H,1-2H3,(H2,10,11,12);3-5H,1-2H3. The molecule has 3 rings (SSSR count). The molecule has 3 aromatic rings. The molecule has 24 heavy (non-hydrogen) atoms. The summed E-state index contributed by atoms with van der Waals surface area (Å²) >= 11 is 1.56. The molecule has 2 N–H and O–H groups in total. The third kappa shape index (κ3) is 3.81. The summed E-state index contributed by atoms with van der Waals surface area (Å²) < 4.78 is 0. The maximum Gasteiger partial charge on any atom is 0.146 e. The molecule has 0 aliphatic rings. The summed E-state index contributed by atoms with van der Waals surface area (Å²) in [6.07, 6.45) is 2.99. The highest BCUT2D eigenvalue weighted by molar-refractivity contribution is 7.16. The van der Waals surface area contributed by atoms with Crippen LogP contribution in [0.25, 0.3) is 10.3 Å². The van der Waals surface area contributed by atoms with Crippen LogP contribution in [0.3, 0.4) is 0 Å². The lowest BCUT2D eigenvalue weighted by Crippen LogP contribution is -2.03. The molecular weight excluding hydrogens is 322 g/mol. The van der Waals surface area contributed by atoms with Crippen molar-refractivity contribution in [2.45, 2.75) is 39.5 Å². The number of nitrogens with two attached hydrogens (primary N) is 1. The molecule has 0 saturated carbocycles. The number of hydrogen-bond acceptors (Lipinski definition) is 8. The number of nitrogen functional groups attached to an aromatic ring is 1. The van der Waals surface area contributed by atoms with Crippen LogP contribution < -0.4 is 5.73 Å². The van der Waals surface area contributed by atoms with Crippen LogP contribution in [0.5, 0.6) is 0 Å². The van der Waals surface area contributed by atoms with E-state index in [9.17, 15) is 0 Å². The van der Waals surface area contributed by atoms with Gasteiger partial charge in [0, 0.05) is 0 Å². The van der Waals surface area contributed by atoms with Gasteiger partial charge in [-0.1, -0.05) is 27.7 Å². The van der Waals surface area contributed by atoms with Gasteiger partial charge in [-0.25, -0.2) is 24.9 Å². The van der Waals surface area contributed by atoms with Crippen LogP contribution in [0.1, 0.15) is 56.5 Å². The van der Waals surface area contributed by atoms with Crippen molar-refractivity contribution in [3.8, 4) is 6.07 Å². The van der Waals surface area contributed by atoms with Crippen LogP contribution in [0.2, 0.25) is 0 Å². The summed E-state index contributed by atoms with van der Waals surface area (Å²) in [7, 11) is 0. The van der Waals surface area contributed by atoms with Gasteiger partial charge in [-0.3, -0.25) is 0 Å². The molecule has 0 spiro atoms. The van der Waals surface area contributed by atoms with Gasteiger partial charge >= 0.3 is 0 Å². The maximum absolute atomic E-state index is 8.74. The molecule has 0 aromatic carbocycles. The highest BCUT2D eigenvalue weighted by Crippen LogP contribution is 2.22. The Hall–Kier alpha value is -2.66. The second-order valence-corrected chi connectivity index (χ2v) is 6.54. The van der Waals surface area contributed by atoms with Crippen molar-refractivity contribution in [2.75, 3.05) is 5.73 Å². The van der Waals surface area contributed by atoms with Gasteiger partial charge in [-0.15, -0.1) is 11.3 Å². The molecule has 0 unspecified atom stereocenters. The van der Waals surface area contributed by atoms with Crippen LogP contribution in [-0.4, -0.2) is 24.9 Å². The highest BCUT2D eigenvalue weighted by Gasteiger charge is 2.11. The Balaban J connectivity index is 0.000000174. The maximum atomic E-state index is 8.74. The Morgan fingerprint density at radius 2 is 1.58 bits per heavy atom. The second-order valence-electron chi connectivity index (χ2n) is 5.71. The van der Waals surface area contributed by atoms with E-state index in [4.69, 9.17) is 11.0 Å². The lowest BCUT2D eigenvalue weighted by Gasteiger charge is -2.06. The number of fused-ring (bicyclic) bond motifs is 1. The largest absolute Gasteiger partial charge is 0.382 e. The molecule has 7 nitrogen and oxygen atoms in total. The number of nitrogens with zero attached hydrogens (tertiary/aromatic N) is 6. The van der Waals surface area contributed by atoms with Crippen molar-refractivity contribution in [3.63, 3.8) is 0 Å². The van der Waals surface area contributed by atoms with Crippen molar-refractivity contribution >= 4 is 27.5 Å². The fourth-order valence-corrected chi connectivity index (χ4v) is 2.74. The second kappa shape index (κ2) is 7.75. The quantitative estimate of drug-likeness (QED) is 0.760. The summed E-state index contributed by atoms with van der Waals surface area (Å²) in [5, 5.41) is 8.74. The molecule has 0 bridgehead atoms. The Bertz CT molecular complexity index is 864. The van der Waals surface area contributed by atoms with E-state index in [2.05, 4.69) is 38.8 Å². The molecule has 0 fully saturated rings. The smallest absolute Gasteiger partial charge is 0.146 e. The zero-order valence-electron chi connectivity index (χ0n) is 14.1. The van der Waals surface area contributed by atoms with Gasteiger partial charge in [0.1, 0.15) is 40.5 Å². The van der Waals surface area contributed by atoms with E-state index in [1.54, 1.807) is 17.7 Å². The van der Waals surface area contributed by atoms with Gasteiger partial charge in [0.05, 0.1) is 16.9 Å².